The van der Waals surface area contributed by atoms with Gasteiger partial charge in [-0.15, -0.1) is 0 Å². The standard InChI is InChI=1S/C27H27ClN2O/c1-18(2)20-8-7-9-21(16-20)19-12-14-22(15-13-19)30-17-25(27(3,4)31)29-26(30)23-10-5-6-11-24(23)28/h5-18,31H,1-4H3. The van der Waals surface area contributed by atoms with Crippen LogP contribution in [-0.4, -0.2) is 14.7 Å². The molecule has 0 aliphatic carbocycles. The second-order valence-electron chi connectivity index (χ2n) is 8.69. The molecule has 0 saturated heterocycles. The van der Waals surface area contributed by atoms with Crippen LogP contribution in [0.5, 0.6) is 0 Å². The Bertz CT molecular complexity index is 1200. The molecule has 4 aromatic rings. The molecule has 0 atom stereocenters. The molecule has 0 unspecified atom stereocenters. The van der Waals surface area contributed by atoms with Gasteiger partial charge in [0.15, 0.2) is 0 Å². The molecule has 0 bridgehead atoms. The lowest BCUT2D eigenvalue weighted by atomic mass is 9.97. The first-order valence-corrected chi connectivity index (χ1v) is 10.9. The average Bonchev–Trinajstić information content (AvgIpc) is 3.20. The van der Waals surface area contributed by atoms with Gasteiger partial charge in [0.25, 0.3) is 0 Å². The van der Waals surface area contributed by atoms with Crippen LogP contribution in [0.3, 0.4) is 0 Å². The summed E-state index contributed by atoms with van der Waals surface area (Å²) in [5.41, 5.74) is 5.01. The molecule has 1 aromatic heterocycles. The fraction of sp³-hybridized carbons (Fsp3) is 0.222. The lowest BCUT2D eigenvalue weighted by molar-refractivity contribution is 0.0743. The van der Waals surface area contributed by atoms with Crippen molar-refractivity contribution < 1.29 is 5.11 Å². The van der Waals surface area contributed by atoms with Crippen molar-refractivity contribution in [1.82, 2.24) is 9.55 Å². The number of rotatable bonds is 5. The van der Waals surface area contributed by atoms with E-state index in [4.69, 9.17) is 16.6 Å². The molecule has 4 heteroatoms. The predicted octanol–water partition coefficient (Wildman–Crippen LogP) is 7.21. The van der Waals surface area contributed by atoms with Crippen molar-refractivity contribution in [3.8, 4) is 28.2 Å². The highest BCUT2D eigenvalue weighted by atomic mass is 35.5. The van der Waals surface area contributed by atoms with E-state index < -0.39 is 5.60 Å². The Morgan fingerprint density at radius 3 is 2.26 bits per heavy atom. The molecule has 0 saturated carbocycles. The van der Waals surface area contributed by atoms with Gasteiger partial charge in [-0.25, -0.2) is 4.98 Å². The van der Waals surface area contributed by atoms with Gasteiger partial charge in [0.1, 0.15) is 11.4 Å². The number of hydrogen-bond donors (Lipinski definition) is 1. The third-order valence-electron chi connectivity index (χ3n) is 5.48. The van der Waals surface area contributed by atoms with Crippen molar-refractivity contribution in [2.45, 2.75) is 39.2 Å². The Kier molecular flexibility index (Phi) is 5.74. The van der Waals surface area contributed by atoms with E-state index in [-0.39, 0.29) is 0 Å². The summed E-state index contributed by atoms with van der Waals surface area (Å²) in [6.07, 6.45) is 1.88. The first-order chi connectivity index (χ1) is 14.7. The van der Waals surface area contributed by atoms with E-state index in [2.05, 4.69) is 62.4 Å². The topological polar surface area (TPSA) is 38.0 Å². The summed E-state index contributed by atoms with van der Waals surface area (Å²) in [7, 11) is 0. The molecule has 0 spiro atoms. The van der Waals surface area contributed by atoms with Gasteiger partial charge in [0.2, 0.25) is 0 Å². The maximum Gasteiger partial charge on any atom is 0.146 e. The van der Waals surface area contributed by atoms with Gasteiger partial charge < -0.3 is 5.11 Å². The molecule has 3 nitrogen and oxygen atoms in total. The number of nitrogens with zero attached hydrogens (tertiary/aromatic N) is 2. The van der Waals surface area contributed by atoms with Crippen LogP contribution in [0, 0.1) is 0 Å². The highest BCUT2D eigenvalue weighted by Crippen LogP contribution is 2.32. The SMILES string of the molecule is CC(C)c1cccc(-c2ccc(-n3cc(C(C)(C)O)nc3-c3ccccc3Cl)cc2)c1. The predicted molar refractivity (Wildman–Crippen MR) is 129 cm³/mol. The Hall–Kier alpha value is -2.88. The molecule has 0 aliphatic heterocycles. The molecule has 0 amide bonds. The molecule has 0 aliphatic rings. The van der Waals surface area contributed by atoms with Crippen molar-refractivity contribution in [2.24, 2.45) is 0 Å². The van der Waals surface area contributed by atoms with Gasteiger partial charge >= 0.3 is 0 Å². The van der Waals surface area contributed by atoms with E-state index in [1.807, 2.05) is 35.0 Å². The molecule has 1 heterocycles. The van der Waals surface area contributed by atoms with Gasteiger partial charge in [0, 0.05) is 17.4 Å². The Balaban J connectivity index is 1.78. The van der Waals surface area contributed by atoms with Crippen LogP contribution in [-0.2, 0) is 5.60 Å². The van der Waals surface area contributed by atoms with E-state index in [0.29, 0.717) is 22.5 Å². The first-order valence-electron chi connectivity index (χ1n) is 10.5. The fourth-order valence-electron chi connectivity index (χ4n) is 3.60. The van der Waals surface area contributed by atoms with Crippen molar-refractivity contribution in [3.63, 3.8) is 0 Å². The van der Waals surface area contributed by atoms with Gasteiger partial charge in [-0.05, 0) is 60.7 Å². The molecule has 4 rings (SSSR count). The van der Waals surface area contributed by atoms with Crippen molar-refractivity contribution in [2.75, 3.05) is 0 Å². The molecule has 31 heavy (non-hydrogen) atoms. The van der Waals surface area contributed by atoms with Crippen LogP contribution in [0.15, 0.2) is 79.0 Å². The maximum absolute atomic E-state index is 10.5. The molecule has 158 valence electrons. The third-order valence-corrected chi connectivity index (χ3v) is 5.81. The lowest BCUT2D eigenvalue weighted by Gasteiger charge is -2.13. The first kappa shape index (κ1) is 21.4. The number of aromatic nitrogens is 2. The normalized spacial score (nSPS) is 11.8. The van der Waals surface area contributed by atoms with Crippen molar-refractivity contribution in [3.05, 3.63) is 95.3 Å². The molecule has 1 N–H and O–H groups in total. The van der Waals surface area contributed by atoms with Crippen molar-refractivity contribution in [1.29, 1.82) is 0 Å². The summed E-state index contributed by atoms with van der Waals surface area (Å²) in [5, 5.41) is 11.2. The van der Waals surface area contributed by atoms with Crippen LogP contribution in [0.2, 0.25) is 5.02 Å². The zero-order chi connectivity index (χ0) is 22.2. The fourth-order valence-corrected chi connectivity index (χ4v) is 3.82. The number of hydrogen-bond acceptors (Lipinski definition) is 2. The Morgan fingerprint density at radius 1 is 0.903 bits per heavy atom. The maximum atomic E-state index is 10.5. The van der Waals surface area contributed by atoms with Gasteiger partial charge in [-0.3, -0.25) is 4.57 Å². The van der Waals surface area contributed by atoms with E-state index in [1.165, 1.54) is 11.1 Å². The Morgan fingerprint density at radius 2 is 1.61 bits per heavy atom. The van der Waals surface area contributed by atoms with E-state index in [9.17, 15) is 5.11 Å². The van der Waals surface area contributed by atoms with E-state index >= 15 is 0 Å². The number of imidazole rings is 1. The summed E-state index contributed by atoms with van der Waals surface area (Å²) < 4.78 is 1.99. The summed E-state index contributed by atoms with van der Waals surface area (Å²) >= 11 is 6.47. The summed E-state index contributed by atoms with van der Waals surface area (Å²) in [4.78, 5) is 4.73. The van der Waals surface area contributed by atoms with Crippen LogP contribution in [0.4, 0.5) is 0 Å². The second-order valence-corrected chi connectivity index (χ2v) is 9.09. The molecular weight excluding hydrogens is 404 g/mol. The van der Waals surface area contributed by atoms with Gasteiger partial charge in [-0.1, -0.05) is 74.0 Å². The minimum Gasteiger partial charge on any atom is -0.384 e. The minimum atomic E-state index is -1.06. The zero-order valence-corrected chi connectivity index (χ0v) is 19.1. The van der Waals surface area contributed by atoms with Crippen LogP contribution >= 0.6 is 11.6 Å². The van der Waals surface area contributed by atoms with Gasteiger partial charge in [0.05, 0.1) is 10.7 Å². The number of benzene rings is 3. The second kappa shape index (κ2) is 8.33. The van der Waals surface area contributed by atoms with E-state index in [1.54, 1.807) is 13.8 Å². The zero-order valence-electron chi connectivity index (χ0n) is 18.3. The van der Waals surface area contributed by atoms with Crippen LogP contribution < -0.4 is 0 Å². The molecule has 0 radical (unpaired) electrons. The molecule has 0 fully saturated rings. The summed E-state index contributed by atoms with van der Waals surface area (Å²) in [6, 6.07) is 24.7. The minimum absolute atomic E-state index is 0.489. The highest BCUT2D eigenvalue weighted by molar-refractivity contribution is 6.33. The summed E-state index contributed by atoms with van der Waals surface area (Å²) in [5.74, 6) is 1.20. The van der Waals surface area contributed by atoms with Crippen LogP contribution in [0.25, 0.3) is 28.2 Å². The lowest BCUT2D eigenvalue weighted by Crippen LogP contribution is -2.15. The largest absolute Gasteiger partial charge is 0.384 e. The monoisotopic (exact) mass is 430 g/mol. The van der Waals surface area contributed by atoms with Crippen LogP contribution in [0.1, 0.15) is 44.9 Å². The smallest absolute Gasteiger partial charge is 0.146 e. The number of halogens is 1. The average molecular weight is 431 g/mol. The third kappa shape index (κ3) is 4.43. The highest BCUT2D eigenvalue weighted by Gasteiger charge is 2.23. The van der Waals surface area contributed by atoms with Gasteiger partial charge in [-0.2, -0.15) is 0 Å². The summed E-state index contributed by atoms with van der Waals surface area (Å²) in [6.45, 7) is 7.89. The number of aliphatic hydroxyl groups is 1. The molecule has 3 aromatic carbocycles. The Labute approximate surface area is 189 Å². The molecular formula is C27H27ClN2O. The quantitative estimate of drug-likeness (QED) is 0.363. The van der Waals surface area contributed by atoms with E-state index in [0.717, 1.165) is 16.8 Å². The van der Waals surface area contributed by atoms with Crippen molar-refractivity contribution >= 4 is 11.6 Å².